The van der Waals surface area contributed by atoms with Crippen LogP contribution in [-0.2, 0) is 11.3 Å². The lowest BCUT2D eigenvalue weighted by molar-refractivity contribution is 0.0469. The Kier molecular flexibility index (Phi) is 5.86. The SMILES string of the molecule is O=C(Nc1ccccc1C(=O)OCc1csc(Nc2ccccc2)n1)c1ccco1. The Morgan fingerprint density at radius 3 is 2.60 bits per heavy atom. The largest absolute Gasteiger partial charge is 0.459 e. The fourth-order valence-electron chi connectivity index (χ4n) is 2.65. The lowest BCUT2D eigenvalue weighted by Gasteiger charge is -2.09. The third-order valence-corrected chi connectivity index (χ3v) is 4.87. The monoisotopic (exact) mass is 419 g/mol. The average molecular weight is 419 g/mol. The minimum Gasteiger partial charge on any atom is -0.459 e. The molecule has 7 nitrogen and oxygen atoms in total. The van der Waals surface area contributed by atoms with Gasteiger partial charge in [0, 0.05) is 11.1 Å². The Labute approximate surface area is 176 Å². The van der Waals surface area contributed by atoms with E-state index in [0.29, 0.717) is 16.5 Å². The number of aromatic nitrogens is 1. The quantitative estimate of drug-likeness (QED) is 0.405. The predicted molar refractivity (Wildman–Crippen MR) is 114 cm³/mol. The average Bonchev–Trinajstić information content (AvgIpc) is 3.46. The van der Waals surface area contributed by atoms with Crippen molar-refractivity contribution in [1.29, 1.82) is 0 Å². The highest BCUT2D eigenvalue weighted by atomic mass is 32.1. The first-order valence-corrected chi connectivity index (χ1v) is 9.94. The number of rotatable bonds is 7. The van der Waals surface area contributed by atoms with E-state index >= 15 is 0 Å². The van der Waals surface area contributed by atoms with E-state index in [2.05, 4.69) is 15.6 Å². The Bertz CT molecular complexity index is 1140. The van der Waals surface area contributed by atoms with Gasteiger partial charge in [0.15, 0.2) is 10.9 Å². The van der Waals surface area contributed by atoms with Crippen molar-refractivity contribution in [2.75, 3.05) is 10.6 Å². The van der Waals surface area contributed by atoms with Crippen molar-refractivity contribution in [1.82, 2.24) is 4.98 Å². The third kappa shape index (κ3) is 4.73. The molecule has 0 unspecified atom stereocenters. The van der Waals surface area contributed by atoms with Crippen molar-refractivity contribution in [3.8, 4) is 0 Å². The van der Waals surface area contributed by atoms with Gasteiger partial charge in [0.25, 0.3) is 5.91 Å². The van der Waals surface area contributed by atoms with Gasteiger partial charge < -0.3 is 19.8 Å². The zero-order valence-electron chi connectivity index (χ0n) is 15.7. The van der Waals surface area contributed by atoms with E-state index in [0.717, 1.165) is 5.69 Å². The third-order valence-electron chi connectivity index (χ3n) is 4.07. The number of nitrogens with zero attached hydrogens (tertiary/aromatic N) is 1. The number of nitrogens with one attached hydrogen (secondary N) is 2. The molecular weight excluding hydrogens is 402 g/mol. The fraction of sp³-hybridized carbons (Fsp3) is 0.0455. The van der Waals surface area contributed by atoms with Crippen LogP contribution in [0.25, 0.3) is 0 Å². The van der Waals surface area contributed by atoms with Gasteiger partial charge in [-0.3, -0.25) is 4.79 Å². The lowest BCUT2D eigenvalue weighted by Crippen LogP contribution is -2.15. The maximum atomic E-state index is 12.6. The van der Waals surface area contributed by atoms with Gasteiger partial charge in [0.05, 0.1) is 23.2 Å². The van der Waals surface area contributed by atoms with Crippen molar-refractivity contribution in [3.05, 3.63) is 95.4 Å². The van der Waals surface area contributed by atoms with Crippen molar-refractivity contribution >= 4 is 39.7 Å². The molecule has 4 aromatic rings. The van der Waals surface area contributed by atoms with Crippen LogP contribution >= 0.6 is 11.3 Å². The molecule has 2 N–H and O–H groups in total. The maximum absolute atomic E-state index is 12.6. The maximum Gasteiger partial charge on any atom is 0.340 e. The molecule has 0 bridgehead atoms. The summed E-state index contributed by atoms with van der Waals surface area (Å²) in [6, 6.07) is 19.5. The molecule has 0 aliphatic carbocycles. The molecule has 0 saturated heterocycles. The molecule has 0 aliphatic heterocycles. The number of carbonyl (C=O) groups is 2. The second kappa shape index (κ2) is 9.06. The first-order chi connectivity index (χ1) is 14.7. The number of para-hydroxylation sites is 2. The number of anilines is 3. The molecule has 0 fully saturated rings. The van der Waals surface area contributed by atoms with Gasteiger partial charge >= 0.3 is 5.97 Å². The summed E-state index contributed by atoms with van der Waals surface area (Å²) in [6.07, 6.45) is 1.41. The van der Waals surface area contributed by atoms with E-state index in [-0.39, 0.29) is 17.9 Å². The number of hydrogen-bond donors (Lipinski definition) is 2. The van der Waals surface area contributed by atoms with E-state index in [9.17, 15) is 9.59 Å². The number of ether oxygens (including phenoxy) is 1. The van der Waals surface area contributed by atoms with Crippen LogP contribution in [0.15, 0.2) is 82.8 Å². The van der Waals surface area contributed by atoms with Crippen LogP contribution < -0.4 is 10.6 Å². The summed E-state index contributed by atoms with van der Waals surface area (Å²) >= 11 is 1.42. The molecule has 0 aliphatic rings. The summed E-state index contributed by atoms with van der Waals surface area (Å²) < 4.78 is 10.5. The summed E-state index contributed by atoms with van der Waals surface area (Å²) in [5.74, 6) is -0.855. The second-order valence-corrected chi connectivity index (χ2v) is 7.05. The van der Waals surface area contributed by atoms with Gasteiger partial charge in [-0.2, -0.15) is 0 Å². The number of hydrogen-bond acceptors (Lipinski definition) is 7. The Hall–Kier alpha value is -3.91. The van der Waals surface area contributed by atoms with Gasteiger partial charge in [0.2, 0.25) is 0 Å². The first-order valence-electron chi connectivity index (χ1n) is 9.06. The van der Waals surface area contributed by atoms with Crippen molar-refractivity contribution in [3.63, 3.8) is 0 Å². The number of esters is 1. The smallest absolute Gasteiger partial charge is 0.340 e. The second-order valence-electron chi connectivity index (χ2n) is 6.19. The predicted octanol–water partition coefficient (Wildman–Crippen LogP) is 5.09. The van der Waals surface area contributed by atoms with Crippen LogP contribution in [-0.4, -0.2) is 16.9 Å². The number of furan rings is 1. The molecule has 0 radical (unpaired) electrons. The zero-order chi connectivity index (χ0) is 20.8. The van der Waals surface area contributed by atoms with E-state index in [1.54, 1.807) is 36.4 Å². The van der Waals surface area contributed by atoms with E-state index in [1.807, 2.05) is 35.7 Å². The van der Waals surface area contributed by atoms with Crippen LogP contribution in [0.1, 0.15) is 26.6 Å². The lowest BCUT2D eigenvalue weighted by atomic mass is 10.1. The molecule has 0 atom stereocenters. The minimum absolute atomic E-state index is 0.0201. The van der Waals surface area contributed by atoms with Gasteiger partial charge in [-0.25, -0.2) is 9.78 Å². The van der Waals surface area contributed by atoms with Crippen molar-refractivity contribution in [2.24, 2.45) is 0 Å². The molecule has 30 heavy (non-hydrogen) atoms. The standard InChI is InChI=1S/C22H17N3O4S/c26-20(19-11-6-12-28-19)25-18-10-5-4-9-17(18)21(27)29-13-16-14-30-22(24-16)23-15-7-2-1-3-8-15/h1-12,14H,13H2,(H,23,24)(H,25,26). The molecule has 1 amide bonds. The number of benzene rings is 2. The number of carbonyl (C=O) groups excluding carboxylic acids is 2. The van der Waals surface area contributed by atoms with Gasteiger partial charge in [-0.1, -0.05) is 30.3 Å². The topological polar surface area (TPSA) is 93.5 Å². The molecule has 150 valence electrons. The first kappa shape index (κ1) is 19.4. The zero-order valence-corrected chi connectivity index (χ0v) is 16.5. The summed E-state index contributed by atoms with van der Waals surface area (Å²) in [5, 5.41) is 8.39. The number of thiazole rings is 1. The summed E-state index contributed by atoms with van der Waals surface area (Å²) in [5.41, 5.74) is 2.14. The van der Waals surface area contributed by atoms with Crippen molar-refractivity contribution in [2.45, 2.75) is 6.61 Å². The molecule has 2 aromatic carbocycles. The summed E-state index contributed by atoms with van der Waals surface area (Å²) in [6.45, 7) is 0.0201. The molecule has 0 saturated carbocycles. The van der Waals surface area contributed by atoms with E-state index < -0.39 is 11.9 Å². The van der Waals surface area contributed by atoms with Crippen molar-refractivity contribution < 1.29 is 18.7 Å². The van der Waals surface area contributed by atoms with Crippen LogP contribution in [0, 0.1) is 0 Å². The van der Waals surface area contributed by atoms with Gasteiger partial charge in [-0.15, -0.1) is 11.3 Å². The van der Waals surface area contributed by atoms with Crippen LogP contribution in [0.2, 0.25) is 0 Å². The molecular formula is C22H17N3O4S. The Balaban J connectivity index is 1.38. The Morgan fingerprint density at radius 1 is 1.00 bits per heavy atom. The molecule has 4 rings (SSSR count). The van der Waals surface area contributed by atoms with E-state index in [4.69, 9.17) is 9.15 Å². The van der Waals surface area contributed by atoms with Gasteiger partial charge in [0.1, 0.15) is 6.61 Å². The molecule has 2 aromatic heterocycles. The molecule has 2 heterocycles. The summed E-state index contributed by atoms with van der Waals surface area (Å²) in [7, 11) is 0. The molecule has 0 spiro atoms. The van der Waals surface area contributed by atoms with Crippen LogP contribution in [0.3, 0.4) is 0 Å². The number of amides is 1. The highest BCUT2D eigenvalue weighted by molar-refractivity contribution is 7.13. The van der Waals surface area contributed by atoms with E-state index in [1.165, 1.54) is 17.6 Å². The van der Waals surface area contributed by atoms with Gasteiger partial charge in [-0.05, 0) is 36.4 Å². The van der Waals surface area contributed by atoms with Crippen LogP contribution in [0.4, 0.5) is 16.5 Å². The highest BCUT2D eigenvalue weighted by Gasteiger charge is 2.17. The van der Waals surface area contributed by atoms with Crippen LogP contribution in [0.5, 0.6) is 0 Å². The minimum atomic E-state index is -0.559. The Morgan fingerprint density at radius 2 is 1.80 bits per heavy atom. The fourth-order valence-corrected chi connectivity index (χ4v) is 3.37. The molecule has 8 heteroatoms. The highest BCUT2D eigenvalue weighted by Crippen LogP contribution is 2.22. The summed E-state index contributed by atoms with van der Waals surface area (Å²) in [4.78, 5) is 29.2. The normalized spacial score (nSPS) is 10.4.